The van der Waals surface area contributed by atoms with E-state index in [1.54, 1.807) is 0 Å². The van der Waals surface area contributed by atoms with Gasteiger partial charge in [-0.15, -0.1) is 0 Å². The molecule has 0 fully saturated rings. The van der Waals surface area contributed by atoms with Gasteiger partial charge in [0.25, 0.3) is 0 Å². The van der Waals surface area contributed by atoms with Crippen molar-refractivity contribution in [1.82, 2.24) is 5.32 Å². The van der Waals surface area contributed by atoms with Crippen molar-refractivity contribution in [3.8, 4) is 0 Å². The molecule has 0 bridgehead atoms. The Hall–Kier alpha value is -1.87. The van der Waals surface area contributed by atoms with Crippen LogP contribution in [-0.2, 0) is 4.79 Å². The van der Waals surface area contributed by atoms with Gasteiger partial charge in [-0.1, -0.05) is 42.0 Å². The number of aryl methyl sites for hydroxylation is 1. The van der Waals surface area contributed by atoms with Crippen LogP contribution in [0.1, 0.15) is 31.0 Å². The van der Waals surface area contributed by atoms with Crippen molar-refractivity contribution in [3.63, 3.8) is 0 Å². The van der Waals surface area contributed by atoms with E-state index >= 15 is 0 Å². The van der Waals surface area contributed by atoms with Gasteiger partial charge in [-0.2, -0.15) is 0 Å². The van der Waals surface area contributed by atoms with Crippen LogP contribution in [0.2, 0.25) is 0 Å². The zero-order valence-corrected chi connectivity index (χ0v) is 11.1. The van der Waals surface area contributed by atoms with Gasteiger partial charge in [0.15, 0.2) is 0 Å². The first kappa shape index (κ1) is 14.2. The standard InChI is InChI=1S/C15H20N2O/c1-4-5-6-12(3)17-15(18)14(16)13-9-7-11(2)8-10-13/h4-10,14H,16H2,1-3H3,(H,17,18). The molecular weight excluding hydrogens is 224 g/mol. The smallest absolute Gasteiger partial charge is 0.245 e. The molecule has 0 heterocycles. The highest BCUT2D eigenvalue weighted by Gasteiger charge is 2.15. The molecule has 1 rings (SSSR count). The number of carbonyl (C=O) groups excluding carboxylic acids is 1. The number of carbonyl (C=O) groups is 1. The minimum Gasteiger partial charge on any atom is -0.328 e. The topological polar surface area (TPSA) is 55.1 Å². The first-order valence-corrected chi connectivity index (χ1v) is 5.97. The summed E-state index contributed by atoms with van der Waals surface area (Å²) in [5.74, 6) is -0.197. The molecule has 0 aliphatic carbocycles. The maximum Gasteiger partial charge on any atom is 0.245 e. The van der Waals surface area contributed by atoms with Crippen LogP contribution in [0.15, 0.2) is 48.2 Å². The number of rotatable bonds is 4. The predicted molar refractivity (Wildman–Crippen MR) is 74.8 cm³/mol. The van der Waals surface area contributed by atoms with E-state index in [9.17, 15) is 4.79 Å². The van der Waals surface area contributed by atoms with Crippen molar-refractivity contribution in [3.05, 3.63) is 59.3 Å². The van der Waals surface area contributed by atoms with Gasteiger partial charge in [-0.3, -0.25) is 4.79 Å². The summed E-state index contributed by atoms with van der Waals surface area (Å²) >= 11 is 0. The van der Waals surface area contributed by atoms with E-state index in [0.717, 1.165) is 16.8 Å². The molecule has 3 nitrogen and oxygen atoms in total. The fourth-order valence-electron chi connectivity index (χ4n) is 1.48. The molecule has 0 aliphatic rings. The van der Waals surface area contributed by atoms with Crippen molar-refractivity contribution in [2.45, 2.75) is 26.8 Å². The van der Waals surface area contributed by atoms with Gasteiger partial charge >= 0.3 is 0 Å². The molecule has 0 spiro atoms. The van der Waals surface area contributed by atoms with Gasteiger partial charge in [0.2, 0.25) is 5.91 Å². The first-order valence-electron chi connectivity index (χ1n) is 5.97. The monoisotopic (exact) mass is 244 g/mol. The van der Waals surface area contributed by atoms with Crippen molar-refractivity contribution in [1.29, 1.82) is 0 Å². The summed E-state index contributed by atoms with van der Waals surface area (Å²) in [6.45, 7) is 5.75. The number of hydrogen-bond donors (Lipinski definition) is 2. The maximum atomic E-state index is 11.9. The molecule has 0 aliphatic heterocycles. The third kappa shape index (κ3) is 4.18. The quantitative estimate of drug-likeness (QED) is 0.800. The van der Waals surface area contributed by atoms with Gasteiger partial charge in [-0.25, -0.2) is 0 Å². The van der Waals surface area contributed by atoms with Crippen molar-refractivity contribution in [2.75, 3.05) is 0 Å². The van der Waals surface area contributed by atoms with Crippen LogP contribution in [0.25, 0.3) is 0 Å². The normalized spacial score (nSPS) is 13.7. The summed E-state index contributed by atoms with van der Waals surface area (Å²) in [5.41, 5.74) is 8.65. The average molecular weight is 244 g/mol. The Balaban J connectivity index is 2.70. The van der Waals surface area contributed by atoms with E-state index in [-0.39, 0.29) is 5.91 Å². The van der Waals surface area contributed by atoms with Crippen molar-refractivity contribution in [2.24, 2.45) is 5.73 Å². The summed E-state index contributed by atoms with van der Waals surface area (Å²) in [4.78, 5) is 11.9. The van der Waals surface area contributed by atoms with Crippen LogP contribution in [0.3, 0.4) is 0 Å². The lowest BCUT2D eigenvalue weighted by molar-refractivity contribution is -0.121. The molecule has 1 aromatic rings. The Morgan fingerprint density at radius 1 is 1.33 bits per heavy atom. The maximum absolute atomic E-state index is 11.9. The van der Waals surface area contributed by atoms with Crippen LogP contribution in [0.4, 0.5) is 0 Å². The number of amides is 1. The largest absolute Gasteiger partial charge is 0.328 e. The number of allylic oxidation sites excluding steroid dienone is 4. The summed E-state index contributed by atoms with van der Waals surface area (Å²) < 4.78 is 0. The van der Waals surface area contributed by atoms with E-state index in [4.69, 9.17) is 5.73 Å². The summed E-state index contributed by atoms with van der Waals surface area (Å²) in [7, 11) is 0. The molecular formula is C15H20N2O. The third-order valence-corrected chi connectivity index (χ3v) is 2.58. The fraction of sp³-hybridized carbons (Fsp3) is 0.267. The molecule has 96 valence electrons. The molecule has 1 amide bonds. The van der Waals surface area contributed by atoms with Crippen LogP contribution in [0.5, 0.6) is 0 Å². The molecule has 3 N–H and O–H groups in total. The van der Waals surface area contributed by atoms with E-state index in [1.165, 1.54) is 0 Å². The highest BCUT2D eigenvalue weighted by molar-refractivity contribution is 5.84. The Bertz CT molecular complexity index is 458. The summed E-state index contributed by atoms with van der Waals surface area (Å²) in [6, 6.07) is 7.02. The minimum absolute atomic E-state index is 0.197. The predicted octanol–water partition coefficient (Wildman–Crippen LogP) is 2.59. The van der Waals surface area contributed by atoms with E-state index in [0.29, 0.717) is 0 Å². The van der Waals surface area contributed by atoms with Gasteiger partial charge in [0, 0.05) is 5.70 Å². The molecule has 0 saturated carbocycles. The van der Waals surface area contributed by atoms with Gasteiger partial charge < -0.3 is 11.1 Å². The molecule has 3 heteroatoms. The minimum atomic E-state index is -0.639. The zero-order valence-electron chi connectivity index (χ0n) is 11.1. The molecule has 0 aromatic heterocycles. The first-order chi connectivity index (χ1) is 8.54. The van der Waals surface area contributed by atoms with E-state index < -0.39 is 6.04 Å². The number of benzene rings is 1. The van der Waals surface area contributed by atoms with Crippen molar-refractivity contribution >= 4 is 5.91 Å². The second kappa shape index (κ2) is 6.77. The summed E-state index contributed by atoms with van der Waals surface area (Å²) in [6.07, 6.45) is 5.60. The Labute approximate surface area is 108 Å². The summed E-state index contributed by atoms with van der Waals surface area (Å²) in [5, 5.41) is 2.77. The fourth-order valence-corrected chi connectivity index (χ4v) is 1.48. The van der Waals surface area contributed by atoms with E-state index in [2.05, 4.69) is 5.32 Å². The molecule has 0 radical (unpaired) electrons. The van der Waals surface area contributed by atoms with Crippen LogP contribution < -0.4 is 11.1 Å². The van der Waals surface area contributed by atoms with Gasteiger partial charge in [0.05, 0.1) is 0 Å². The van der Waals surface area contributed by atoms with E-state index in [1.807, 2.05) is 63.3 Å². The highest BCUT2D eigenvalue weighted by Crippen LogP contribution is 2.11. The Kier molecular flexibility index (Phi) is 5.33. The lowest BCUT2D eigenvalue weighted by Gasteiger charge is -2.12. The molecule has 1 aromatic carbocycles. The van der Waals surface area contributed by atoms with Crippen LogP contribution in [0, 0.1) is 6.92 Å². The van der Waals surface area contributed by atoms with Crippen molar-refractivity contribution < 1.29 is 4.79 Å². The van der Waals surface area contributed by atoms with Crippen LogP contribution in [-0.4, -0.2) is 5.91 Å². The number of hydrogen-bond acceptors (Lipinski definition) is 2. The van der Waals surface area contributed by atoms with Gasteiger partial charge in [0.1, 0.15) is 6.04 Å². The van der Waals surface area contributed by atoms with Crippen LogP contribution >= 0.6 is 0 Å². The molecule has 1 atom stereocenters. The number of nitrogens with two attached hydrogens (primary N) is 1. The third-order valence-electron chi connectivity index (χ3n) is 2.58. The second-order valence-electron chi connectivity index (χ2n) is 4.25. The average Bonchev–Trinajstić information content (AvgIpc) is 2.36. The highest BCUT2D eigenvalue weighted by atomic mass is 16.2. The SMILES string of the molecule is CC=CC=C(C)NC(=O)C(N)c1ccc(C)cc1. The Morgan fingerprint density at radius 3 is 2.50 bits per heavy atom. The molecule has 18 heavy (non-hydrogen) atoms. The Morgan fingerprint density at radius 2 is 1.94 bits per heavy atom. The molecule has 1 unspecified atom stereocenters. The molecule has 0 saturated heterocycles. The lowest BCUT2D eigenvalue weighted by Crippen LogP contribution is -2.32. The number of nitrogens with one attached hydrogen (secondary N) is 1. The lowest BCUT2D eigenvalue weighted by atomic mass is 10.1. The zero-order chi connectivity index (χ0) is 13.5. The second-order valence-corrected chi connectivity index (χ2v) is 4.25. The van der Waals surface area contributed by atoms with Gasteiger partial charge in [-0.05, 0) is 32.4 Å².